The molecule has 0 aromatic carbocycles. The topological polar surface area (TPSA) is 61.0 Å². The number of allylic oxidation sites excluding steroid dienone is 2. The maximum Gasteiger partial charge on any atom is 0.223 e. The molecule has 2 N–H and O–H groups in total. The highest BCUT2D eigenvalue weighted by molar-refractivity contribution is 7.13. The molecule has 4 rings (SSSR count). The first-order valence-corrected chi connectivity index (χ1v) is 9.97. The molecule has 2 aromatic heterocycles. The minimum atomic E-state index is 0.169. The number of hydrogen-bond acceptors (Lipinski definition) is 4. The summed E-state index contributed by atoms with van der Waals surface area (Å²) in [6.07, 6.45) is 9.19. The molecule has 1 amide bonds. The van der Waals surface area contributed by atoms with Gasteiger partial charge in [-0.25, -0.2) is 0 Å². The van der Waals surface area contributed by atoms with E-state index in [2.05, 4.69) is 56.1 Å². The van der Waals surface area contributed by atoms with Crippen LogP contribution in [-0.4, -0.2) is 35.2 Å². The molecule has 25 heavy (non-hydrogen) atoms. The van der Waals surface area contributed by atoms with Crippen molar-refractivity contribution < 1.29 is 4.79 Å². The van der Waals surface area contributed by atoms with E-state index >= 15 is 0 Å². The van der Waals surface area contributed by atoms with Gasteiger partial charge in [0.15, 0.2) is 5.82 Å². The van der Waals surface area contributed by atoms with Crippen LogP contribution in [0.5, 0.6) is 0 Å². The molecule has 6 heteroatoms. The standard InChI is InChI=1S/C19H24N4OS/c24-19(14-5-2-1-3-6-14)20-15-8-10-23(11-9-15)18-13-16(21-22-18)17-7-4-12-25-17/h1-2,4,7,12-15H,3,5-6,8-11H2,(H,20,24)(H,21,22). The summed E-state index contributed by atoms with van der Waals surface area (Å²) in [5, 5.41) is 12.9. The van der Waals surface area contributed by atoms with Crippen molar-refractivity contribution in [1.82, 2.24) is 15.5 Å². The van der Waals surface area contributed by atoms with Crippen LogP contribution in [0.2, 0.25) is 0 Å². The molecule has 0 bridgehead atoms. The SMILES string of the molecule is O=C(NC1CCN(c2cc(-c3cccs3)[nH]n2)CC1)C1CC=CCC1. The first-order chi connectivity index (χ1) is 12.3. The van der Waals surface area contributed by atoms with E-state index in [1.54, 1.807) is 11.3 Å². The summed E-state index contributed by atoms with van der Waals surface area (Å²) in [5.41, 5.74) is 1.07. The van der Waals surface area contributed by atoms with Crippen LogP contribution in [0.1, 0.15) is 32.1 Å². The number of H-pyrrole nitrogens is 1. The average Bonchev–Trinajstić information content (AvgIpc) is 3.35. The van der Waals surface area contributed by atoms with E-state index in [0.29, 0.717) is 6.04 Å². The molecule has 1 saturated heterocycles. The van der Waals surface area contributed by atoms with Crippen molar-refractivity contribution >= 4 is 23.1 Å². The third kappa shape index (κ3) is 3.79. The normalized spacial score (nSPS) is 21.4. The Kier molecular flexibility index (Phi) is 4.88. The Hall–Kier alpha value is -2.08. The summed E-state index contributed by atoms with van der Waals surface area (Å²) < 4.78 is 0. The number of aromatic nitrogens is 2. The molecule has 0 saturated carbocycles. The smallest absolute Gasteiger partial charge is 0.223 e. The van der Waals surface area contributed by atoms with Crippen molar-refractivity contribution in [1.29, 1.82) is 0 Å². The summed E-state index contributed by atoms with van der Waals surface area (Å²) in [6.45, 7) is 1.87. The molecule has 1 aliphatic carbocycles. The van der Waals surface area contributed by atoms with Gasteiger partial charge in [0.05, 0.1) is 10.6 Å². The summed E-state index contributed by atoms with van der Waals surface area (Å²) in [4.78, 5) is 15.9. The van der Waals surface area contributed by atoms with Crippen LogP contribution in [0.25, 0.3) is 10.6 Å². The molecular formula is C19H24N4OS. The lowest BCUT2D eigenvalue weighted by Crippen LogP contribution is -2.46. The maximum absolute atomic E-state index is 12.4. The predicted molar refractivity (Wildman–Crippen MR) is 102 cm³/mol. The van der Waals surface area contributed by atoms with E-state index in [0.717, 1.165) is 56.7 Å². The zero-order valence-corrected chi connectivity index (χ0v) is 15.1. The first kappa shape index (κ1) is 16.4. The number of rotatable bonds is 4. The van der Waals surface area contributed by atoms with E-state index in [-0.39, 0.29) is 11.8 Å². The molecule has 0 spiro atoms. The van der Waals surface area contributed by atoms with E-state index in [9.17, 15) is 4.79 Å². The number of aromatic amines is 1. The second-order valence-corrected chi connectivity index (χ2v) is 7.82. The number of thiophene rings is 1. The van der Waals surface area contributed by atoms with Crippen LogP contribution in [0.4, 0.5) is 5.82 Å². The highest BCUT2D eigenvalue weighted by Gasteiger charge is 2.25. The largest absolute Gasteiger partial charge is 0.355 e. The highest BCUT2D eigenvalue weighted by Crippen LogP contribution is 2.27. The van der Waals surface area contributed by atoms with Gasteiger partial charge in [-0.3, -0.25) is 9.89 Å². The Bertz CT molecular complexity index is 728. The van der Waals surface area contributed by atoms with E-state index < -0.39 is 0 Å². The molecule has 2 aromatic rings. The van der Waals surface area contributed by atoms with Gasteiger partial charge in [0, 0.05) is 31.1 Å². The van der Waals surface area contributed by atoms with Crippen molar-refractivity contribution in [3.63, 3.8) is 0 Å². The summed E-state index contributed by atoms with van der Waals surface area (Å²) >= 11 is 1.71. The van der Waals surface area contributed by atoms with E-state index in [1.165, 1.54) is 4.88 Å². The fourth-order valence-corrected chi connectivity index (χ4v) is 4.33. The molecule has 1 unspecified atom stereocenters. The predicted octanol–water partition coefficient (Wildman–Crippen LogP) is 3.58. The second kappa shape index (κ2) is 7.44. The molecule has 132 valence electrons. The number of anilines is 1. The van der Waals surface area contributed by atoms with Gasteiger partial charge in [0.25, 0.3) is 0 Å². The Morgan fingerprint density at radius 1 is 1.28 bits per heavy atom. The molecule has 1 aliphatic heterocycles. The number of carbonyl (C=O) groups excluding carboxylic acids is 1. The molecular weight excluding hydrogens is 332 g/mol. The van der Waals surface area contributed by atoms with Crippen molar-refractivity contribution in [2.24, 2.45) is 5.92 Å². The third-order valence-corrected chi connectivity index (χ3v) is 6.06. The number of hydrogen-bond donors (Lipinski definition) is 2. The van der Waals surface area contributed by atoms with Crippen molar-refractivity contribution in [3.05, 3.63) is 35.7 Å². The lowest BCUT2D eigenvalue weighted by Gasteiger charge is -2.33. The average molecular weight is 356 g/mol. The molecule has 1 fully saturated rings. The van der Waals surface area contributed by atoms with Gasteiger partial charge in [-0.2, -0.15) is 5.10 Å². The summed E-state index contributed by atoms with van der Waals surface area (Å²) in [5.74, 6) is 1.41. The van der Waals surface area contributed by atoms with Crippen LogP contribution in [-0.2, 0) is 4.79 Å². The lowest BCUT2D eigenvalue weighted by molar-refractivity contribution is -0.126. The highest BCUT2D eigenvalue weighted by atomic mass is 32.1. The zero-order chi connectivity index (χ0) is 17.1. The van der Waals surface area contributed by atoms with Gasteiger partial charge in [0.1, 0.15) is 0 Å². The molecule has 5 nitrogen and oxygen atoms in total. The lowest BCUT2D eigenvalue weighted by atomic mass is 9.93. The Morgan fingerprint density at radius 2 is 2.16 bits per heavy atom. The maximum atomic E-state index is 12.4. The van der Waals surface area contributed by atoms with Gasteiger partial charge in [0.2, 0.25) is 5.91 Å². The zero-order valence-electron chi connectivity index (χ0n) is 14.3. The minimum absolute atomic E-state index is 0.169. The number of amides is 1. The van der Waals surface area contributed by atoms with Gasteiger partial charge in [-0.05, 0) is 43.6 Å². The summed E-state index contributed by atoms with van der Waals surface area (Å²) in [6, 6.07) is 6.57. The second-order valence-electron chi connectivity index (χ2n) is 6.87. The van der Waals surface area contributed by atoms with Crippen molar-refractivity contribution in [2.75, 3.05) is 18.0 Å². The van der Waals surface area contributed by atoms with Gasteiger partial charge in [-0.1, -0.05) is 18.2 Å². The van der Waals surface area contributed by atoms with Crippen molar-refractivity contribution in [3.8, 4) is 10.6 Å². The quantitative estimate of drug-likeness (QED) is 0.823. The number of carbonyl (C=O) groups is 1. The monoisotopic (exact) mass is 356 g/mol. The number of nitrogens with one attached hydrogen (secondary N) is 2. The van der Waals surface area contributed by atoms with Gasteiger partial charge < -0.3 is 10.2 Å². The van der Waals surface area contributed by atoms with Crippen LogP contribution in [0.3, 0.4) is 0 Å². The van der Waals surface area contributed by atoms with E-state index in [1.807, 2.05) is 0 Å². The Labute approximate surface area is 152 Å². The number of piperidine rings is 1. The fourth-order valence-electron chi connectivity index (χ4n) is 3.63. The molecule has 2 aliphatic rings. The summed E-state index contributed by atoms with van der Waals surface area (Å²) in [7, 11) is 0. The van der Waals surface area contributed by atoms with Crippen LogP contribution in [0, 0.1) is 5.92 Å². The number of nitrogens with zero attached hydrogens (tertiary/aromatic N) is 2. The fraction of sp³-hybridized carbons (Fsp3) is 0.474. The molecule has 1 atom stereocenters. The minimum Gasteiger partial charge on any atom is -0.355 e. The van der Waals surface area contributed by atoms with Gasteiger partial charge >= 0.3 is 0 Å². The first-order valence-electron chi connectivity index (χ1n) is 9.09. The van der Waals surface area contributed by atoms with Crippen molar-refractivity contribution in [2.45, 2.75) is 38.1 Å². The van der Waals surface area contributed by atoms with Crippen LogP contribution in [0.15, 0.2) is 35.7 Å². The Morgan fingerprint density at radius 3 is 2.88 bits per heavy atom. The Balaban J connectivity index is 1.29. The third-order valence-electron chi connectivity index (χ3n) is 5.16. The van der Waals surface area contributed by atoms with Crippen LogP contribution < -0.4 is 10.2 Å². The van der Waals surface area contributed by atoms with Gasteiger partial charge in [-0.15, -0.1) is 11.3 Å². The van der Waals surface area contributed by atoms with E-state index in [4.69, 9.17) is 0 Å². The molecule has 3 heterocycles. The molecule has 0 radical (unpaired) electrons. The van der Waals surface area contributed by atoms with Crippen LogP contribution >= 0.6 is 11.3 Å².